The summed E-state index contributed by atoms with van der Waals surface area (Å²) in [5, 5.41) is 0. The molecule has 2 aliphatic heterocycles. The minimum atomic E-state index is -3.15. The Labute approximate surface area is 159 Å². The second kappa shape index (κ2) is 7.58. The summed E-state index contributed by atoms with van der Waals surface area (Å²) in [4.78, 5) is 28.1. The maximum Gasteiger partial charge on any atom is 0.223 e. The van der Waals surface area contributed by atoms with Gasteiger partial charge in [0.2, 0.25) is 11.8 Å². The molecule has 1 spiro atoms. The lowest BCUT2D eigenvalue weighted by Gasteiger charge is -2.38. The van der Waals surface area contributed by atoms with E-state index >= 15 is 0 Å². The van der Waals surface area contributed by atoms with Gasteiger partial charge in [0.1, 0.15) is 15.7 Å². The van der Waals surface area contributed by atoms with Crippen LogP contribution in [0.25, 0.3) is 0 Å². The fraction of sp³-hybridized carbons (Fsp3) is 0.579. The van der Waals surface area contributed by atoms with Gasteiger partial charge in [-0.2, -0.15) is 0 Å². The van der Waals surface area contributed by atoms with E-state index in [-0.39, 0.29) is 35.2 Å². The third-order valence-corrected chi connectivity index (χ3v) is 6.48. The van der Waals surface area contributed by atoms with Crippen molar-refractivity contribution in [1.82, 2.24) is 9.80 Å². The molecule has 2 heterocycles. The Morgan fingerprint density at radius 2 is 1.96 bits per heavy atom. The number of likely N-dealkylation sites (tertiary alicyclic amines) is 2. The van der Waals surface area contributed by atoms with Crippen molar-refractivity contribution in [2.45, 2.75) is 32.2 Å². The van der Waals surface area contributed by atoms with E-state index in [1.807, 2.05) is 6.07 Å². The van der Waals surface area contributed by atoms with Crippen LogP contribution >= 0.6 is 0 Å². The van der Waals surface area contributed by atoms with Gasteiger partial charge in [0.05, 0.1) is 5.75 Å². The van der Waals surface area contributed by atoms with Gasteiger partial charge in [-0.15, -0.1) is 0 Å². The maximum absolute atomic E-state index is 13.4. The van der Waals surface area contributed by atoms with Gasteiger partial charge in [0.15, 0.2) is 0 Å². The minimum absolute atomic E-state index is 0.0104. The third kappa shape index (κ3) is 5.06. The molecule has 0 N–H and O–H groups in total. The van der Waals surface area contributed by atoms with Gasteiger partial charge in [0, 0.05) is 50.7 Å². The number of nitrogens with zero attached hydrogens (tertiary/aromatic N) is 2. The van der Waals surface area contributed by atoms with E-state index in [4.69, 9.17) is 0 Å². The predicted octanol–water partition coefficient (Wildman–Crippen LogP) is 1.60. The second-order valence-corrected chi connectivity index (χ2v) is 10.1. The first-order valence-electron chi connectivity index (χ1n) is 9.14. The number of carbonyl (C=O) groups is 2. The minimum Gasteiger partial charge on any atom is -0.343 e. The van der Waals surface area contributed by atoms with Crippen molar-refractivity contribution in [3.05, 3.63) is 35.6 Å². The summed E-state index contributed by atoms with van der Waals surface area (Å²) in [6.45, 7) is 2.11. The third-order valence-electron chi connectivity index (χ3n) is 5.53. The first kappa shape index (κ1) is 19.8. The lowest BCUT2D eigenvalue weighted by Crippen LogP contribution is -2.44. The van der Waals surface area contributed by atoms with Gasteiger partial charge in [-0.25, -0.2) is 12.8 Å². The normalized spacial score (nSPS) is 19.7. The first-order chi connectivity index (χ1) is 12.7. The van der Waals surface area contributed by atoms with Gasteiger partial charge in [-0.1, -0.05) is 12.1 Å². The summed E-state index contributed by atoms with van der Waals surface area (Å²) in [5.41, 5.74) is 0.631. The molecule has 8 heteroatoms. The average molecular weight is 396 g/mol. The molecule has 6 nitrogen and oxygen atoms in total. The molecule has 0 aromatic heterocycles. The molecular weight excluding hydrogens is 371 g/mol. The quantitative estimate of drug-likeness (QED) is 0.758. The van der Waals surface area contributed by atoms with Crippen molar-refractivity contribution >= 4 is 21.7 Å². The van der Waals surface area contributed by atoms with E-state index in [2.05, 4.69) is 0 Å². The van der Waals surface area contributed by atoms with Crippen LogP contribution in [-0.4, -0.2) is 61.7 Å². The number of hydrogen-bond donors (Lipinski definition) is 0. The fourth-order valence-electron chi connectivity index (χ4n) is 3.98. The Morgan fingerprint density at radius 1 is 1.26 bits per heavy atom. The lowest BCUT2D eigenvalue weighted by molar-refractivity contribution is -0.133. The molecule has 0 saturated carbocycles. The summed E-state index contributed by atoms with van der Waals surface area (Å²) in [5.74, 6) is -0.519. The van der Waals surface area contributed by atoms with Crippen molar-refractivity contribution in [3.8, 4) is 0 Å². The highest BCUT2D eigenvalue weighted by atomic mass is 32.2. The van der Waals surface area contributed by atoms with Crippen LogP contribution in [0.4, 0.5) is 4.39 Å². The largest absolute Gasteiger partial charge is 0.343 e. The molecule has 2 aliphatic rings. The molecule has 3 rings (SSSR count). The van der Waals surface area contributed by atoms with Gasteiger partial charge in [0.25, 0.3) is 0 Å². The number of benzene rings is 1. The number of halogens is 1. The zero-order valence-electron chi connectivity index (χ0n) is 15.5. The summed E-state index contributed by atoms with van der Waals surface area (Å²) < 4.78 is 35.8. The van der Waals surface area contributed by atoms with Crippen LogP contribution in [0, 0.1) is 11.2 Å². The molecule has 0 atom stereocenters. The molecular formula is C19H25FN2O4S. The van der Waals surface area contributed by atoms with E-state index in [9.17, 15) is 22.4 Å². The Morgan fingerprint density at radius 3 is 2.59 bits per heavy atom. The highest BCUT2D eigenvalue weighted by Crippen LogP contribution is 2.41. The number of piperidine rings is 1. The van der Waals surface area contributed by atoms with Crippen LogP contribution in [0.15, 0.2) is 24.3 Å². The Bertz CT molecular complexity index is 832. The molecule has 1 aromatic carbocycles. The molecule has 27 heavy (non-hydrogen) atoms. The van der Waals surface area contributed by atoms with Crippen LogP contribution in [0.1, 0.15) is 31.2 Å². The van der Waals surface area contributed by atoms with Crippen LogP contribution < -0.4 is 0 Å². The zero-order chi connectivity index (χ0) is 19.7. The van der Waals surface area contributed by atoms with Crippen LogP contribution in [-0.2, 0) is 26.0 Å². The molecule has 2 amide bonds. The van der Waals surface area contributed by atoms with E-state index in [1.165, 1.54) is 12.1 Å². The number of rotatable bonds is 5. The smallest absolute Gasteiger partial charge is 0.223 e. The van der Waals surface area contributed by atoms with Crippen molar-refractivity contribution in [2.24, 2.45) is 5.41 Å². The average Bonchev–Trinajstić information content (AvgIpc) is 2.88. The monoisotopic (exact) mass is 396 g/mol. The van der Waals surface area contributed by atoms with Gasteiger partial charge in [-0.05, 0) is 30.5 Å². The summed E-state index contributed by atoms with van der Waals surface area (Å²) in [6.07, 6.45) is 3.04. The highest BCUT2D eigenvalue weighted by molar-refractivity contribution is 7.90. The van der Waals surface area contributed by atoms with Gasteiger partial charge >= 0.3 is 0 Å². The van der Waals surface area contributed by atoms with E-state index in [1.54, 1.807) is 15.9 Å². The first-order valence-corrected chi connectivity index (χ1v) is 11.2. The number of sulfone groups is 1. The van der Waals surface area contributed by atoms with E-state index in [0.717, 1.165) is 24.7 Å². The van der Waals surface area contributed by atoms with Crippen LogP contribution in [0.2, 0.25) is 0 Å². The van der Waals surface area contributed by atoms with Crippen LogP contribution in [0.3, 0.4) is 0 Å². The molecule has 0 radical (unpaired) electrons. The lowest BCUT2D eigenvalue weighted by atomic mass is 9.77. The molecule has 0 bridgehead atoms. The van der Waals surface area contributed by atoms with Crippen molar-refractivity contribution in [2.75, 3.05) is 31.6 Å². The molecule has 0 aliphatic carbocycles. The molecule has 1 aromatic rings. The summed E-state index contributed by atoms with van der Waals surface area (Å²) >= 11 is 0. The Kier molecular flexibility index (Phi) is 5.55. The van der Waals surface area contributed by atoms with Crippen molar-refractivity contribution in [1.29, 1.82) is 0 Å². The summed E-state index contributed by atoms with van der Waals surface area (Å²) in [7, 11) is -3.15. The predicted molar refractivity (Wildman–Crippen MR) is 99.0 cm³/mol. The van der Waals surface area contributed by atoms with Crippen molar-refractivity contribution in [3.63, 3.8) is 0 Å². The topological polar surface area (TPSA) is 74.8 Å². The van der Waals surface area contributed by atoms with E-state index in [0.29, 0.717) is 32.6 Å². The molecule has 2 saturated heterocycles. The molecule has 0 unspecified atom stereocenters. The van der Waals surface area contributed by atoms with Gasteiger partial charge in [-0.3, -0.25) is 9.59 Å². The van der Waals surface area contributed by atoms with Crippen molar-refractivity contribution < 1.29 is 22.4 Å². The number of hydrogen-bond acceptors (Lipinski definition) is 4. The molecule has 148 valence electrons. The zero-order valence-corrected chi connectivity index (χ0v) is 16.3. The van der Waals surface area contributed by atoms with E-state index < -0.39 is 9.84 Å². The number of amides is 2. The fourth-order valence-corrected chi connectivity index (χ4v) is 4.52. The van der Waals surface area contributed by atoms with Crippen LogP contribution in [0.5, 0.6) is 0 Å². The Hall–Kier alpha value is -1.96. The molecule has 2 fully saturated rings. The summed E-state index contributed by atoms with van der Waals surface area (Å²) in [6, 6.07) is 6.28. The highest BCUT2D eigenvalue weighted by Gasteiger charge is 2.45. The maximum atomic E-state index is 13.4. The second-order valence-electron chi connectivity index (χ2n) is 7.82. The Balaban J connectivity index is 1.55. The number of carbonyl (C=O) groups excluding carboxylic acids is 2. The van der Waals surface area contributed by atoms with Gasteiger partial charge < -0.3 is 9.80 Å². The standard InChI is InChI=1S/C19H25FN2O4S/c1-27(25,26)10-5-17(23)21-8-6-19(7-9-21)12-18(24)22(14-19)13-15-3-2-4-16(20)11-15/h2-4,11H,5-10,12-14H2,1H3. The SMILES string of the molecule is CS(=O)(=O)CCC(=O)N1CCC2(CC1)CC(=O)N(Cc1cccc(F)c1)C2.